The van der Waals surface area contributed by atoms with Crippen LogP contribution in [0.5, 0.6) is 0 Å². The van der Waals surface area contributed by atoms with Gasteiger partial charge in [-0.3, -0.25) is 4.90 Å². The van der Waals surface area contributed by atoms with E-state index in [9.17, 15) is 13.2 Å². The zero-order chi connectivity index (χ0) is 13.9. The molecule has 0 saturated heterocycles. The molecule has 0 aromatic rings. The predicted octanol–water partition coefficient (Wildman–Crippen LogP) is 3.18. The van der Waals surface area contributed by atoms with Gasteiger partial charge in [-0.25, -0.2) is 0 Å². The molecule has 2 fully saturated rings. The lowest BCUT2D eigenvalue weighted by atomic mass is 9.99. The minimum absolute atomic E-state index is 0.195. The van der Waals surface area contributed by atoms with Gasteiger partial charge < -0.3 is 5.32 Å². The zero-order valence-electron chi connectivity index (χ0n) is 11.7. The van der Waals surface area contributed by atoms with Gasteiger partial charge in [0.1, 0.15) is 0 Å². The van der Waals surface area contributed by atoms with Crippen LogP contribution in [0.15, 0.2) is 0 Å². The molecule has 0 aromatic heterocycles. The maximum absolute atomic E-state index is 12.5. The lowest BCUT2D eigenvalue weighted by Crippen LogP contribution is -2.39. The maximum atomic E-state index is 12.5. The second kappa shape index (κ2) is 6.44. The Morgan fingerprint density at radius 1 is 1.16 bits per heavy atom. The molecule has 2 aliphatic carbocycles. The molecule has 2 nitrogen and oxygen atoms in total. The second-order valence-corrected chi connectivity index (χ2v) is 5.96. The average molecular weight is 278 g/mol. The number of halogens is 3. The lowest BCUT2D eigenvalue weighted by molar-refractivity contribution is -0.147. The van der Waals surface area contributed by atoms with Gasteiger partial charge in [-0.15, -0.1) is 0 Å². The average Bonchev–Trinajstić information content (AvgIpc) is 3.06. The van der Waals surface area contributed by atoms with E-state index in [-0.39, 0.29) is 6.04 Å². The highest BCUT2D eigenvalue weighted by molar-refractivity contribution is 4.88. The molecule has 0 spiro atoms. The van der Waals surface area contributed by atoms with Crippen molar-refractivity contribution in [2.75, 3.05) is 19.6 Å². The highest BCUT2D eigenvalue weighted by atomic mass is 19.4. The molecule has 0 aromatic carbocycles. The van der Waals surface area contributed by atoms with E-state index in [0.29, 0.717) is 18.5 Å². The van der Waals surface area contributed by atoms with Crippen LogP contribution in [0.4, 0.5) is 13.2 Å². The number of nitrogens with one attached hydrogen (secondary N) is 1. The summed E-state index contributed by atoms with van der Waals surface area (Å²) in [5, 5.41) is 3.47. The summed E-state index contributed by atoms with van der Waals surface area (Å²) >= 11 is 0. The van der Waals surface area contributed by atoms with Gasteiger partial charge in [-0.05, 0) is 51.1 Å². The minimum Gasteiger partial charge on any atom is -0.314 e. The fourth-order valence-electron chi connectivity index (χ4n) is 3.31. The van der Waals surface area contributed by atoms with Crippen molar-refractivity contribution in [3.05, 3.63) is 0 Å². The van der Waals surface area contributed by atoms with Crippen LogP contribution in [-0.2, 0) is 0 Å². The van der Waals surface area contributed by atoms with E-state index in [1.807, 2.05) is 0 Å². The molecule has 2 aliphatic rings. The van der Waals surface area contributed by atoms with Gasteiger partial charge in [-0.1, -0.05) is 13.3 Å². The van der Waals surface area contributed by atoms with Crippen molar-refractivity contribution in [3.8, 4) is 0 Å². The summed E-state index contributed by atoms with van der Waals surface area (Å²) in [5.74, 6) is 0.564. The Morgan fingerprint density at radius 2 is 1.89 bits per heavy atom. The summed E-state index contributed by atoms with van der Waals surface area (Å²) in [6.45, 7) is 2.93. The first-order chi connectivity index (χ1) is 8.99. The van der Waals surface area contributed by atoms with E-state index >= 15 is 0 Å². The van der Waals surface area contributed by atoms with Crippen LogP contribution in [0, 0.1) is 5.92 Å². The Balaban J connectivity index is 1.78. The summed E-state index contributed by atoms with van der Waals surface area (Å²) < 4.78 is 37.6. The molecular formula is C14H25F3N2. The Bertz CT molecular complexity index is 276. The van der Waals surface area contributed by atoms with Crippen molar-refractivity contribution in [1.82, 2.24) is 10.2 Å². The molecule has 1 N–H and O–H groups in total. The third-order valence-electron chi connectivity index (χ3n) is 4.36. The zero-order valence-corrected chi connectivity index (χ0v) is 11.7. The topological polar surface area (TPSA) is 15.3 Å². The van der Waals surface area contributed by atoms with E-state index in [4.69, 9.17) is 0 Å². The van der Waals surface area contributed by atoms with Gasteiger partial charge in [0.15, 0.2) is 0 Å². The number of hydrogen-bond acceptors (Lipinski definition) is 2. The van der Waals surface area contributed by atoms with Crippen molar-refractivity contribution >= 4 is 0 Å². The predicted molar refractivity (Wildman–Crippen MR) is 70.1 cm³/mol. The molecular weight excluding hydrogens is 253 g/mol. The molecule has 0 bridgehead atoms. The molecule has 2 unspecified atom stereocenters. The van der Waals surface area contributed by atoms with Crippen LogP contribution in [-0.4, -0.2) is 42.8 Å². The molecule has 2 rings (SSSR count). The Morgan fingerprint density at radius 3 is 2.47 bits per heavy atom. The standard InChI is InChI=1S/C14H25F3N2/c1-2-18-13-5-3-4-11(13)8-9-19(12-6-7-12)10-14(15,16)17/h11-13,18H,2-10H2,1H3. The molecule has 112 valence electrons. The first-order valence-corrected chi connectivity index (χ1v) is 7.54. The fraction of sp³-hybridized carbons (Fsp3) is 1.00. The monoisotopic (exact) mass is 278 g/mol. The van der Waals surface area contributed by atoms with Crippen LogP contribution in [0.2, 0.25) is 0 Å². The molecule has 0 aliphatic heterocycles. The highest BCUT2D eigenvalue weighted by Gasteiger charge is 2.38. The van der Waals surface area contributed by atoms with Crippen LogP contribution < -0.4 is 5.32 Å². The summed E-state index contributed by atoms with van der Waals surface area (Å²) in [4.78, 5) is 1.65. The molecule has 0 radical (unpaired) electrons. The van der Waals surface area contributed by atoms with Gasteiger partial charge in [0.2, 0.25) is 0 Å². The number of nitrogens with zero attached hydrogens (tertiary/aromatic N) is 1. The van der Waals surface area contributed by atoms with E-state index in [1.165, 1.54) is 19.3 Å². The number of hydrogen-bond donors (Lipinski definition) is 1. The van der Waals surface area contributed by atoms with Crippen molar-refractivity contribution in [2.24, 2.45) is 5.92 Å². The second-order valence-electron chi connectivity index (χ2n) is 5.96. The van der Waals surface area contributed by atoms with Crippen LogP contribution >= 0.6 is 0 Å². The van der Waals surface area contributed by atoms with Crippen molar-refractivity contribution in [2.45, 2.75) is 63.7 Å². The third kappa shape index (κ3) is 4.95. The summed E-state index contributed by atoms with van der Waals surface area (Å²) in [6.07, 6.45) is 2.30. The quantitative estimate of drug-likeness (QED) is 0.769. The van der Waals surface area contributed by atoms with Crippen molar-refractivity contribution in [1.29, 1.82) is 0 Å². The van der Waals surface area contributed by atoms with E-state index < -0.39 is 12.7 Å². The number of rotatable bonds is 7. The summed E-state index contributed by atoms with van der Waals surface area (Å²) in [5.41, 5.74) is 0. The first-order valence-electron chi connectivity index (χ1n) is 7.54. The van der Waals surface area contributed by atoms with Gasteiger partial charge in [0.25, 0.3) is 0 Å². The molecule has 0 heterocycles. The molecule has 2 atom stereocenters. The Hall–Kier alpha value is -0.290. The fourth-order valence-corrected chi connectivity index (χ4v) is 3.31. The maximum Gasteiger partial charge on any atom is 0.401 e. The van der Waals surface area contributed by atoms with E-state index in [0.717, 1.165) is 25.8 Å². The summed E-state index contributed by atoms with van der Waals surface area (Å²) in [6, 6.07) is 0.720. The smallest absolute Gasteiger partial charge is 0.314 e. The van der Waals surface area contributed by atoms with Gasteiger partial charge in [-0.2, -0.15) is 13.2 Å². The third-order valence-corrected chi connectivity index (χ3v) is 4.36. The first kappa shape index (κ1) is 15.1. The normalized spacial score (nSPS) is 28.3. The Kier molecular flexibility index (Phi) is 5.12. The van der Waals surface area contributed by atoms with Crippen LogP contribution in [0.3, 0.4) is 0 Å². The SMILES string of the molecule is CCNC1CCCC1CCN(CC(F)(F)F)C1CC1. The van der Waals surface area contributed by atoms with Gasteiger partial charge in [0, 0.05) is 12.1 Å². The van der Waals surface area contributed by atoms with Crippen molar-refractivity contribution < 1.29 is 13.2 Å². The Labute approximate surface area is 113 Å². The van der Waals surface area contributed by atoms with Gasteiger partial charge >= 0.3 is 6.18 Å². The van der Waals surface area contributed by atoms with Crippen molar-refractivity contribution in [3.63, 3.8) is 0 Å². The molecule has 2 saturated carbocycles. The van der Waals surface area contributed by atoms with Gasteiger partial charge in [0.05, 0.1) is 6.54 Å². The molecule has 5 heteroatoms. The van der Waals surface area contributed by atoms with E-state index in [2.05, 4.69) is 12.2 Å². The highest BCUT2D eigenvalue weighted by Crippen LogP contribution is 2.33. The largest absolute Gasteiger partial charge is 0.401 e. The lowest BCUT2D eigenvalue weighted by Gasteiger charge is -2.27. The van der Waals surface area contributed by atoms with Crippen LogP contribution in [0.25, 0.3) is 0 Å². The van der Waals surface area contributed by atoms with E-state index in [1.54, 1.807) is 4.90 Å². The number of alkyl halides is 3. The molecule has 0 amide bonds. The van der Waals surface area contributed by atoms with Crippen LogP contribution in [0.1, 0.15) is 45.4 Å². The minimum atomic E-state index is -4.06. The summed E-state index contributed by atoms with van der Waals surface area (Å²) in [7, 11) is 0. The molecule has 19 heavy (non-hydrogen) atoms.